The normalized spacial score (nSPS) is 32.2. The van der Waals surface area contributed by atoms with Gasteiger partial charge in [-0.15, -0.1) is 0 Å². The van der Waals surface area contributed by atoms with E-state index in [9.17, 15) is 0 Å². The number of hydrogen-bond acceptors (Lipinski definition) is 3. The molecular weight excluding hydrogens is 216 g/mol. The summed E-state index contributed by atoms with van der Waals surface area (Å²) in [6, 6.07) is 0.704. The summed E-state index contributed by atoms with van der Waals surface area (Å²) in [4.78, 5) is 2.43. The molecule has 0 amide bonds. The number of rotatable bonds is 6. The highest BCUT2D eigenvalue weighted by Gasteiger charge is 2.36. The Morgan fingerprint density at radius 2 is 2.19 bits per heavy atom. The van der Waals surface area contributed by atoms with Crippen LogP contribution in [0.3, 0.4) is 0 Å². The molecule has 2 aliphatic rings. The third kappa shape index (κ3) is 3.14. The van der Waals surface area contributed by atoms with Crippen molar-refractivity contribution in [3.05, 3.63) is 0 Å². The zero-order valence-corrected chi connectivity index (χ0v) is 11.8. The zero-order chi connectivity index (χ0) is 11.6. The lowest BCUT2D eigenvalue weighted by Gasteiger charge is -2.37. The monoisotopic (exact) mass is 242 g/mol. The van der Waals surface area contributed by atoms with Gasteiger partial charge in [0, 0.05) is 23.9 Å². The Bertz CT molecular complexity index is 220. The predicted octanol–water partition coefficient (Wildman–Crippen LogP) is 2.20. The summed E-state index contributed by atoms with van der Waals surface area (Å²) in [6.45, 7) is 3.52. The molecule has 1 heterocycles. The van der Waals surface area contributed by atoms with E-state index < -0.39 is 0 Å². The summed E-state index contributed by atoms with van der Waals surface area (Å²) in [6.07, 6.45) is 5.67. The molecular formula is C13H26N2S. The van der Waals surface area contributed by atoms with Gasteiger partial charge < -0.3 is 10.2 Å². The topological polar surface area (TPSA) is 15.3 Å². The number of hydrogen-bond donors (Lipinski definition) is 1. The molecule has 0 radical (unpaired) electrons. The molecule has 3 heteroatoms. The maximum absolute atomic E-state index is 3.76. The average Bonchev–Trinajstić information content (AvgIpc) is 2.92. The minimum atomic E-state index is 0.419. The Balaban J connectivity index is 1.76. The van der Waals surface area contributed by atoms with E-state index in [4.69, 9.17) is 0 Å². The van der Waals surface area contributed by atoms with Crippen molar-refractivity contribution in [1.29, 1.82) is 0 Å². The van der Waals surface area contributed by atoms with Crippen molar-refractivity contribution < 1.29 is 0 Å². The lowest BCUT2D eigenvalue weighted by Crippen LogP contribution is -2.53. The molecule has 16 heavy (non-hydrogen) atoms. The van der Waals surface area contributed by atoms with E-state index in [-0.39, 0.29) is 0 Å². The van der Waals surface area contributed by atoms with Crippen LogP contribution in [0.4, 0.5) is 0 Å². The molecule has 1 aliphatic heterocycles. The first-order valence-corrected chi connectivity index (χ1v) is 7.76. The van der Waals surface area contributed by atoms with Gasteiger partial charge in [0.15, 0.2) is 0 Å². The largest absolute Gasteiger partial charge is 0.312 e. The van der Waals surface area contributed by atoms with E-state index >= 15 is 0 Å². The first kappa shape index (κ1) is 12.7. The van der Waals surface area contributed by atoms with Crippen LogP contribution in [-0.4, -0.2) is 48.6 Å². The van der Waals surface area contributed by atoms with E-state index in [0.717, 1.165) is 5.92 Å². The van der Waals surface area contributed by atoms with Gasteiger partial charge in [0.1, 0.15) is 0 Å². The molecule has 0 aromatic heterocycles. The molecule has 1 saturated heterocycles. The van der Waals surface area contributed by atoms with Crippen LogP contribution >= 0.6 is 11.8 Å². The maximum atomic E-state index is 3.76. The van der Waals surface area contributed by atoms with Gasteiger partial charge >= 0.3 is 0 Å². The van der Waals surface area contributed by atoms with Crippen LogP contribution in [0.15, 0.2) is 0 Å². The van der Waals surface area contributed by atoms with Crippen molar-refractivity contribution in [2.75, 3.05) is 32.1 Å². The first-order chi connectivity index (χ1) is 7.62. The van der Waals surface area contributed by atoms with Gasteiger partial charge in [-0.05, 0) is 45.5 Å². The fourth-order valence-electron chi connectivity index (χ4n) is 2.55. The second kappa shape index (κ2) is 5.28. The van der Waals surface area contributed by atoms with Crippen molar-refractivity contribution in [2.45, 2.75) is 44.2 Å². The van der Waals surface area contributed by atoms with Crippen LogP contribution < -0.4 is 5.32 Å². The van der Waals surface area contributed by atoms with Crippen LogP contribution in [0.2, 0.25) is 0 Å². The Kier molecular flexibility index (Phi) is 4.20. The van der Waals surface area contributed by atoms with E-state index in [1.165, 1.54) is 43.7 Å². The molecule has 2 fully saturated rings. The molecule has 94 valence electrons. The minimum Gasteiger partial charge on any atom is -0.312 e. The lowest BCUT2D eigenvalue weighted by atomic mass is 9.96. The van der Waals surface area contributed by atoms with E-state index in [1.807, 2.05) is 0 Å². The highest BCUT2D eigenvalue weighted by molar-refractivity contribution is 7.99. The summed E-state index contributed by atoms with van der Waals surface area (Å²) in [5.74, 6) is 3.66. The summed E-state index contributed by atoms with van der Waals surface area (Å²) in [5.41, 5.74) is 0.419. The van der Waals surface area contributed by atoms with E-state index in [0.29, 0.717) is 11.6 Å². The van der Waals surface area contributed by atoms with Crippen LogP contribution in [0.25, 0.3) is 0 Å². The van der Waals surface area contributed by atoms with Crippen LogP contribution in [-0.2, 0) is 0 Å². The SMILES string of the molecule is CC(CC1CC1)NCC1(N(C)C)CCSC1. The van der Waals surface area contributed by atoms with Crippen molar-refractivity contribution in [1.82, 2.24) is 10.2 Å². The summed E-state index contributed by atoms with van der Waals surface area (Å²) in [5, 5.41) is 3.76. The van der Waals surface area contributed by atoms with Crippen LogP contribution in [0, 0.1) is 5.92 Å². The molecule has 2 rings (SSSR count). The smallest absolute Gasteiger partial charge is 0.0425 e. The number of thioether (sulfide) groups is 1. The second-order valence-electron chi connectivity index (χ2n) is 5.88. The molecule has 0 bridgehead atoms. The Morgan fingerprint density at radius 3 is 2.69 bits per heavy atom. The molecule has 0 aromatic carbocycles. The minimum absolute atomic E-state index is 0.419. The number of likely N-dealkylation sites (N-methyl/N-ethyl adjacent to an activating group) is 1. The summed E-state index contributed by atoms with van der Waals surface area (Å²) >= 11 is 2.11. The van der Waals surface area contributed by atoms with Gasteiger partial charge in [0.05, 0.1) is 0 Å². The maximum Gasteiger partial charge on any atom is 0.0425 e. The predicted molar refractivity (Wildman–Crippen MR) is 73.2 cm³/mol. The Hall–Kier alpha value is 0.270. The van der Waals surface area contributed by atoms with Crippen molar-refractivity contribution in [3.63, 3.8) is 0 Å². The van der Waals surface area contributed by atoms with E-state index in [2.05, 4.69) is 43.0 Å². The van der Waals surface area contributed by atoms with Gasteiger partial charge in [-0.3, -0.25) is 0 Å². The second-order valence-corrected chi connectivity index (χ2v) is 6.99. The summed E-state index contributed by atoms with van der Waals surface area (Å²) < 4.78 is 0. The fourth-order valence-corrected chi connectivity index (χ4v) is 4.10. The molecule has 1 N–H and O–H groups in total. The number of nitrogens with one attached hydrogen (secondary N) is 1. The van der Waals surface area contributed by atoms with Crippen molar-refractivity contribution in [2.24, 2.45) is 5.92 Å². The molecule has 0 aromatic rings. The first-order valence-electron chi connectivity index (χ1n) is 6.61. The van der Waals surface area contributed by atoms with Gasteiger partial charge in [-0.1, -0.05) is 12.8 Å². The molecule has 2 unspecified atom stereocenters. The average molecular weight is 242 g/mol. The standard InChI is InChI=1S/C13H26N2S/c1-11(8-12-4-5-12)14-9-13(15(2)3)6-7-16-10-13/h11-12,14H,4-10H2,1-3H3. The third-order valence-corrected chi connectivity index (χ3v) is 5.43. The third-order valence-electron chi connectivity index (χ3n) is 4.19. The highest BCUT2D eigenvalue weighted by Crippen LogP contribution is 2.34. The van der Waals surface area contributed by atoms with Crippen LogP contribution in [0.1, 0.15) is 32.6 Å². The Labute approximate surface area is 105 Å². The van der Waals surface area contributed by atoms with E-state index in [1.54, 1.807) is 0 Å². The van der Waals surface area contributed by atoms with Gasteiger partial charge in [0.2, 0.25) is 0 Å². The lowest BCUT2D eigenvalue weighted by molar-refractivity contribution is 0.170. The fraction of sp³-hybridized carbons (Fsp3) is 1.00. The van der Waals surface area contributed by atoms with Gasteiger partial charge in [-0.25, -0.2) is 0 Å². The van der Waals surface area contributed by atoms with Gasteiger partial charge in [-0.2, -0.15) is 11.8 Å². The summed E-state index contributed by atoms with van der Waals surface area (Å²) in [7, 11) is 4.47. The molecule has 2 nitrogen and oxygen atoms in total. The zero-order valence-electron chi connectivity index (χ0n) is 11.0. The number of nitrogens with zero attached hydrogens (tertiary/aromatic N) is 1. The molecule has 1 aliphatic carbocycles. The van der Waals surface area contributed by atoms with Crippen molar-refractivity contribution in [3.8, 4) is 0 Å². The molecule has 1 saturated carbocycles. The van der Waals surface area contributed by atoms with Crippen LogP contribution in [0.5, 0.6) is 0 Å². The Morgan fingerprint density at radius 1 is 1.44 bits per heavy atom. The molecule has 0 spiro atoms. The quantitative estimate of drug-likeness (QED) is 0.769. The van der Waals surface area contributed by atoms with Gasteiger partial charge in [0.25, 0.3) is 0 Å². The highest BCUT2D eigenvalue weighted by atomic mass is 32.2. The van der Waals surface area contributed by atoms with Crippen molar-refractivity contribution >= 4 is 11.8 Å². The molecule has 2 atom stereocenters.